The number of carboxylic acids is 1. The molecule has 2 aromatic carbocycles. The molecule has 0 aliphatic rings. The Bertz CT molecular complexity index is 630. The summed E-state index contributed by atoms with van der Waals surface area (Å²) in [5.41, 5.74) is 4.55. The Morgan fingerprint density at radius 1 is 0.640 bits per heavy atom. The molecule has 0 bridgehead atoms. The van der Waals surface area contributed by atoms with Crippen molar-refractivity contribution >= 4 is 30.3 Å². The van der Waals surface area contributed by atoms with Crippen LogP contribution < -0.4 is 0 Å². The van der Waals surface area contributed by atoms with E-state index in [-0.39, 0.29) is 0 Å². The van der Waals surface area contributed by atoms with Crippen molar-refractivity contribution in [3.63, 3.8) is 0 Å². The smallest absolute Gasteiger partial charge is 0.327 e. The molecule has 0 fully saturated rings. The lowest BCUT2D eigenvalue weighted by atomic mass is 10.1. The predicted molar refractivity (Wildman–Crippen MR) is 111 cm³/mol. The first kappa shape index (κ1) is 21.6. The lowest BCUT2D eigenvalue weighted by Gasteiger charge is -1.96. The monoisotopic (exact) mass is 332 g/mol. The third kappa shape index (κ3) is 8.72. The Morgan fingerprint density at radius 2 is 0.840 bits per heavy atom. The lowest BCUT2D eigenvalue weighted by Crippen LogP contribution is -1.82. The summed E-state index contributed by atoms with van der Waals surface area (Å²) >= 11 is 0. The van der Waals surface area contributed by atoms with Gasteiger partial charge in [0, 0.05) is 6.08 Å². The lowest BCUT2D eigenvalue weighted by molar-refractivity contribution is -0.131. The van der Waals surface area contributed by atoms with Gasteiger partial charge in [0.25, 0.3) is 0 Å². The molecule has 0 saturated heterocycles. The third-order valence-electron chi connectivity index (χ3n) is 3.05. The Morgan fingerprint density at radius 3 is 0.960 bits per heavy atom. The minimum atomic E-state index is -0.981. The summed E-state index contributed by atoms with van der Waals surface area (Å²) in [5, 5.41) is 7.60. The summed E-state index contributed by atoms with van der Waals surface area (Å²) in [6.07, 6.45) is 8.15. The number of benzene rings is 2. The van der Waals surface area contributed by atoms with Crippen molar-refractivity contribution in [2.75, 3.05) is 0 Å². The number of carboxylic acid groups (broad SMARTS) is 1. The van der Waals surface area contributed by atoms with Crippen LogP contribution in [0.2, 0.25) is 0 Å². The van der Waals surface area contributed by atoms with E-state index < -0.39 is 5.97 Å². The highest BCUT2D eigenvalue weighted by atomic mass is 16.4. The minimum Gasteiger partial charge on any atom is -0.478 e. The van der Waals surface area contributed by atoms with Gasteiger partial charge in [0.05, 0.1) is 0 Å². The van der Waals surface area contributed by atoms with Gasteiger partial charge in [0.2, 0.25) is 0 Å². The van der Waals surface area contributed by atoms with E-state index in [1.165, 1.54) is 0 Å². The van der Waals surface area contributed by atoms with E-state index in [0.29, 0.717) is 0 Å². The van der Waals surface area contributed by atoms with E-state index in [1.54, 1.807) is 0 Å². The maximum absolute atomic E-state index is 9.25. The molecule has 2 rings (SSSR count). The van der Waals surface area contributed by atoms with Gasteiger partial charge in [-0.1, -0.05) is 106 Å². The van der Waals surface area contributed by atoms with Gasteiger partial charge in [0.15, 0.2) is 0 Å². The third-order valence-corrected chi connectivity index (χ3v) is 3.05. The van der Waals surface area contributed by atoms with Gasteiger partial charge in [-0.3, -0.25) is 0 Å². The molecule has 0 saturated carbocycles. The number of carbonyl (C=O) groups is 1. The average molecular weight is 332 g/mol. The van der Waals surface area contributed by atoms with E-state index in [1.807, 2.05) is 72.8 Å². The summed E-state index contributed by atoms with van der Waals surface area (Å²) in [6.45, 7) is 17.7. The van der Waals surface area contributed by atoms with Crippen molar-refractivity contribution in [3.05, 3.63) is 110 Å². The first-order chi connectivity index (χ1) is 12.0. The van der Waals surface area contributed by atoms with Crippen LogP contribution in [0.4, 0.5) is 0 Å². The number of aliphatic carboxylic acids is 1. The van der Waals surface area contributed by atoms with Gasteiger partial charge in [-0.05, 0) is 22.3 Å². The molecule has 0 atom stereocenters. The zero-order valence-electron chi connectivity index (χ0n) is 14.4. The first-order valence-corrected chi connectivity index (χ1v) is 7.57. The molecule has 2 nitrogen and oxygen atoms in total. The molecule has 1 N–H and O–H groups in total. The second kappa shape index (κ2) is 13.1. The van der Waals surface area contributed by atoms with Crippen LogP contribution in [-0.2, 0) is 4.79 Å². The molecular weight excluding hydrogens is 308 g/mol. The van der Waals surface area contributed by atoms with Crippen molar-refractivity contribution in [1.82, 2.24) is 0 Å². The minimum absolute atomic E-state index is 0.833. The van der Waals surface area contributed by atoms with Gasteiger partial charge in [-0.15, -0.1) is 0 Å². The highest BCUT2D eigenvalue weighted by molar-refractivity contribution is 5.78. The predicted octanol–water partition coefficient (Wildman–Crippen LogP) is 6.20. The summed E-state index contributed by atoms with van der Waals surface area (Å²) in [5.74, 6) is -0.981. The van der Waals surface area contributed by atoms with Gasteiger partial charge in [-0.2, -0.15) is 0 Å². The highest BCUT2D eigenvalue weighted by Gasteiger charge is 1.90. The van der Waals surface area contributed by atoms with Crippen molar-refractivity contribution in [2.45, 2.75) is 0 Å². The topological polar surface area (TPSA) is 37.3 Å². The second-order valence-corrected chi connectivity index (χ2v) is 4.62. The number of hydrogen-bond acceptors (Lipinski definition) is 1. The number of rotatable bonds is 5. The van der Waals surface area contributed by atoms with Crippen molar-refractivity contribution < 1.29 is 9.90 Å². The van der Waals surface area contributed by atoms with E-state index in [2.05, 4.69) is 32.9 Å². The van der Waals surface area contributed by atoms with Crippen LogP contribution in [0.3, 0.4) is 0 Å². The molecule has 0 aliphatic carbocycles. The van der Waals surface area contributed by atoms with Gasteiger partial charge >= 0.3 is 5.97 Å². The maximum atomic E-state index is 9.25. The molecule has 0 radical (unpaired) electrons. The van der Waals surface area contributed by atoms with Crippen molar-refractivity contribution in [3.8, 4) is 0 Å². The SMILES string of the molecule is C=CC(=O)O.C=Cc1ccccc1C=C.C=Cc1ccccc1C=C. The fraction of sp³-hybridized carbons (Fsp3) is 0. The maximum Gasteiger partial charge on any atom is 0.327 e. The molecule has 0 amide bonds. The molecule has 0 aliphatic heterocycles. The normalized spacial score (nSPS) is 8.32. The number of hydrogen-bond donors (Lipinski definition) is 1. The molecule has 0 unspecified atom stereocenters. The van der Waals surface area contributed by atoms with E-state index in [0.717, 1.165) is 28.3 Å². The highest BCUT2D eigenvalue weighted by Crippen LogP contribution is 2.10. The largest absolute Gasteiger partial charge is 0.478 e. The van der Waals surface area contributed by atoms with Crippen molar-refractivity contribution in [1.29, 1.82) is 0 Å². The van der Waals surface area contributed by atoms with Crippen LogP contribution in [0.25, 0.3) is 24.3 Å². The Hall–Kier alpha value is -3.39. The van der Waals surface area contributed by atoms with E-state index in [9.17, 15) is 4.79 Å². The van der Waals surface area contributed by atoms with Crippen LogP contribution in [0.1, 0.15) is 22.3 Å². The molecule has 0 aromatic heterocycles. The zero-order chi connectivity index (χ0) is 19.1. The fourth-order valence-corrected chi connectivity index (χ4v) is 1.77. The fourth-order valence-electron chi connectivity index (χ4n) is 1.77. The van der Waals surface area contributed by atoms with Crippen LogP contribution in [0.15, 0.2) is 87.5 Å². The van der Waals surface area contributed by atoms with E-state index >= 15 is 0 Å². The van der Waals surface area contributed by atoms with Crippen LogP contribution in [0.5, 0.6) is 0 Å². The molecular formula is C23H24O2. The summed E-state index contributed by atoms with van der Waals surface area (Å²) in [6, 6.07) is 16.0. The first-order valence-electron chi connectivity index (χ1n) is 7.57. The molecule has 128 valence electrons. The Balaban J connectivity index is 0.000000368. The van der Waals surface area contributed by atoms with Crippen molar-refractivity contribution in [2.24, 2.45) is 0 Å². The zero-order valence-corrected chi connectivity index (χ0v) is 14.4. The summed E-state index contributed by atoms with van der Waals surface area (Å²) in [7, 11) is 0. The van der Waals surface area contributed by atoms with E-state index in [4.69, 9.17) is 5.11 Å². The molecule has 2 aromatic rings. The molecule has 0 spiro atoms. The van der Waals surface area contributed by atoms with Gasteiger partial charge < -0.3 is 5.11 Å². The molecule has 25 heavy (non-hydrogen) atoms. The molecule has 0 heterocycles. The second-order valence-electron chi connectivity index (χ2n) is 4.62. The quantitative estimate of drug-likeness (QED) is 0.662. The Kier molecular flexibility index (Phi) is 11.3. The molecule has 2 heteroatoms. The van der Waals surface area contributed by atoms with Crippen LogP contribution in [-0.4, -0.2) is 11.1 Å². The van der Waals surface area contributed by atoms with Gasteiger partial charge in [-0.25, -0.2) is 4.79 Å². The standard InChI is InChI=1S/2C10H10.C3H4O2/c2*1-3-9-7-5-6-8-10(9)4-2;1-2-3(4)5/h2*3-8H,1-2H2;2H,1H2,(H,4,5). The van der Waals surface area contributed by atoms with Gasteiger partial charge in [0.1, 0.15) is 0 Å². The Labute approximate surface area is 150 Å². The van der Waals surface area contributed by atoms with Crippen LogP contribution in [0, 0.1) is 0 Å². The average Bonchev–Trinajstić information content (AvgIpc) is 2.68. The van der Waals surface area contributed by atoms with Crippen LogP contribution >= 0.6 is 0 Å². The summed E-state index contributed by atoms with van der Waals surface area (Å²) in [4.78, 5) is 9.25. The summed E-state index contributed by atoms with van der Waals surface area (Å²) < 4.78 is 0.